The third kappa shape index (κ3) is 4.40. The largest absolute Gasteiger partial charge is 0.496 e. The molecule has 0 unspecified atom stereocenters. The third-order valence-corrected chi connectivity index (χ3v) is 4.93. The number of para-hydroxylation sites is 1. The molecule has 0 aliphatic rings. The molecule has 7 nitrogen and oxygen atoms in total. The predicted molar refractivity (Wildman–Crippen MR) is 106 cm³/mol. The van der Waals surface area contributed by atoms with Gasteiger partial charge in [0.2, 0.25) is 5.95 Å². The van der Waals surface area contributed by atoms with E-state index in [1.54, 1.807) is 19.4 Å². The van der Waals surface area contributed by atoms with Crippen molar-refractivity contribution in [2.24, 2.45) is 0 Å². The summed E-state index contributed by atoms with van der Waals surface area (Å²) in [4.78, 5) is 26.0. The molecule has 27 heavy (non-hydrogen) atoms. The highest BCUT2D eigenvalue weighted by Crippen LogP contribution is 2.32. The average Bonchev–Trinajstić information content (AvgIpc) is 3.14. The second-order valence-corrected chi connectivity index (χ2v) is 7.32. The topological polar surface area (TPSA) is 103 Å². The third-order valence-electron chi connectivity index (χ3n) is 3.90. The molecule has 140 valence electrons. The van der Waals surface area contributed by atoms with Crippen LogP contribution in [0.1, 0.15) is 40.8 Å². The second-order valence-electron chi connectivity index (χ2n) is 6.21. The first kappa shape index (κ1) is 18.8. The zero-order valence-electron chi connectivity index (χ0n) is 15.4. The van der Waals surface area contributed by atoms with E-state index in [-0.39, 0.29) is 23.5 Å². The van der Waals surface area contributed by atoms with Crippen LogP contribution in [0.15, 0.2) is 36.5 Å². The number of aromatic nitrogens is 3. The van der Waals surface area contributed by atoms with E-state index in [1.807, 2.05) is 38.1 Å². The monoisotopic (exact) mass is 383 g/mol. The van der Waals surface area contributed by atoms with Crippen LogP contribution in [0.4, 0.5) is 5.95 Å². The fraction of sp³-hybridized carbons (Fsp3) is 0.263. The van der Waals surface area contributed by atoms with E-state index in [9.17, 15) is 4.79 Å². The first-order valence-electron chi connectivity index (χ1n) is 8.48. The van der Waals surface area contributed by atoms with Gasteiger partial charge in [-0.25, -0.2) is 15.0 Å². The van der Waals surface area contributed by atoms with Crippen molar-refractivity contribution in [1.82, 2.24) is 20.3 Å². The number of hydrogen-bond donors (Lipinski definition) is 2. The van der Waals surface area contributed by atoms with Crippen LogP contribution in [0.25, 0.3) is 10.6 Å². The van der Waals surface area contributed by atoms with Crippen molar-refractivity contribution in [1.29, 1.82) is 0 Å². The standard InChI is InChI=1S/C19H21N5O2S/c1-11(2)14-8-15(24-19(20)23-14)17(25)21-9-12-10-22-18(27-12)13-6-4-5-7-16(13)26-3/h4-8,10-11H,9H2,1-3H3,(H,21,25)(H2,20,23,24). The van der Waals surface area contributed by atoms with E-state index in [2.05, 4.69) is 20.3 Å². The van der Waals surface area contributed by atoms with Gasteiger partial charge in [-0.05, 0) is 24.1 Å². The summed E-state index contributed by atoms with van der Waals surface area (Å²) in [5, 5.41) is 3.69. The molecule has 0 spiro atoms. The molecule has 3 N–H and O–H groups in total. The van der Waals surface area contributed by atoms with E-state index in [0.29, 0.717) is 6.54 Å². The number of nitrogens with zero attached hydrogens (tertiary/aromatic N) is 3. The Balaban J connectivity index is 1.71. The Morgan fingerprint density at radius 3 is 2.81 bits per heavy atom. The normalized spacial score (nSPS) is 10.8. The molecule has 3 rings (SSSR count). The van der Waals surface area contributed by atoms with E-state index < -0.39 is 0 Å². The predicted octanol–water partition coefficient (Wildman–Crippen LogP) is 3.24. The van der Waals surface area contributed by atoms with Gasteiger partial charge in [0.05, 0.1) is 19.2 Å². The van der Waals surface area contributed by atoms with Gasteiger partial charge in [-0.1, -0.05) is 26.0 Å². The molecule has 1 amide bonds. The van der Waals surface area contributed by atoms with Gasteiger partial charge in [0.15, 0.2) is 0 Å². The van der Waals surface area contributed by atoms with Crippen LogP contribution in [0, 0.1) is 0 Å². The van der Waals surface area contributed by atoms with Gasteiger partial charge >= 0.3 is 0 Å². The number of nitrogen functional groups attached to an aromatic ring is 1. The van der Waals surface area contributed by atoms with Crippen molar-refractivity contribution in [2.75, 3.05) is 12.8 Å². The van der Waals surface area contributed by atoms with Gasteiger partial charge in [-0.15, -0.1) is 11.3 Å². The lowest BCUT2D eigenvalue weighted by Crippen LogP contribution is -2.24. The maximum absolute atomic E-state index is 12.4. The molecule has 3 aromatic rings. The van der Waals surface area contributed by atoms with Gasteiger partial charge in [-0.2, -0.15) is 0 Å². The number of thiazole rings is 1. The first-order valence-corrected chi connectivity index (χ1v) is 9.30. The van der Waals surface area contributed by atoms with Gasteiger partial charge in [-0.3, -0.25) is 4.79 Å². The fourth-order valence-corrected chi connectivity index (χ4v) is 3.37. The van der Waals surface area contributed by atoms with Crippen molar-refractivity contribution in [3.8, 4) is 16.3 Å². The molecule has 0 radical (unpaired) electrons. The number of nitrogens with one attached hydrogen (secondary N) is 1. The van der Waals surface area contributed by atoms with Crippen LogP contribution in [-0.2, 0) is 6.54 Å². The first-order chi connectivity index (χ1) is 13.0. The molecule has 2 heterocycles. The van der Waals surface area contributed by atoms with Crippen LogP contribution in [0.2, 0.25) is 0 Å². The Bertz CT molecular complexity index is 955. The van der Waals surface area contributed by atoms with Crippen molar-refractivity contribution in [3.05, 3.63) is 52.8 Å². The molecule has 0 atom stereocenters. The Labute approximate surface area is 161 Å². The van der Waals surface area contributed by atoms with E-state index in [0.717, 1.165) is 26.9 Å². The van der Waals surface area contributed by atoms with Crippen LogP contribution in [0.3, 0.4) is 0 Å². The lowest BCUT2D eigenvalue weighted by atomic mass is 10.1. The average molecular weight is 383 g/mol. The highest BCUT2D eigenvalue weighted by Gasteiger charge is 2.14. The highest BCUT2D eigenvalue weighted by molar-refractivity contribution is 7.15. The number of nitrogens with two attached hydrogens (primary N) is 1. The molecular formula is C19H21N5O2S. The number of ether oxygens (including phenoxy) is 1. The summed E-state index contributed by atoms with van der Waals surface area (Å²) in [5.41, 5.74) is 7.64. The van der Waals surface area contributed by atoms with Crippen molar-refractivity contribution < 1.29 is 9.53 Å². The minimum Gasteiger partial charge on any atom is -0.496 e. The fourth-order valence-electron chi connectivity index (χ4n) is 2.49. The minimum atomic E-state index is -0.293. The minimum absolute atomic E-state index is 0.0996. The summed E-state index contributed by atoms with van der Waals surface area (Å²) in [6.45, 7) is 4.33. The number of anilines is 1. The van der Waals surface area contributed by atoms with Gasteiger partial charge in [0.25, 0.3) is 5.91 Å². The highest BCUT2D eigenvalue weighted by atomic mass is 32.1. The maximum Gasteiger partial charge on any atom is 0.270 e. The number of carbonyl (C=O) groups excluding carboxylic acids is 1. The Morgan fingerprint density at radius 1 is 1.30 bits per heavy atom. The van der Waals surface area contributed by atoms with Crippen LogP contribution in [-0.4, -0.2) is 28.0 Å². The summed E-state index contributed by atoms with van der Waals surface area (Å²) in [6.07, 6.45) is 1.75. The summed E-state index contributed by atoms with van der Waals surface area (Å²) in [7, 11) is 1.63. The van der Waals surface area contributed by atoms with Crippen LogP contribution < -0.4 is 15.8 Å². The summed E-state index contributed by atoms with van der Waals surface area (Å²) in [6, 6.07) is 9.37. The number of methoxy groups -OCH3 is 1. The number of rotatable bonds is 6. The molecule has 0 saturated heterocycles. The van der Waals surface area contributed by atoms with Crippen LogP contribution in [0.5, 0.6) is 5.75 Å². The molecule has 0 aliphatic heterocycles. The molecule has 2 aromatic heterocycles. The van der Waals surface area contributed by atoms with E-state index in [4.69, 9.17) is 10.5 Å². The lowest BCUT2D eigenvalue weighted by Gasteiger charge is -2.08. The molecule has 0 fully saturated rings. The molecule has 0 aliphatic carbocycles. The smallest absolute Gasteiger partial charge is 0.270 e. The number of amides is 1. The molecular weight excluding hydrogens is 362 g/mol. The Kier molecular flexibility index (Phi) is 5.66. The quantitative estimate of drug-likeness (QED) is 0.677. The summed E-state index contributed by atoms with van der Waals surface area (Å²) >= 11 is 1.50. The number of benzene rings is 1. The Hall–Kier alpha value is -3.00. The van der Waals surface area contributed by atoms with Gasteiger partial charge in [0, 0.05) is 16.8 Å². The van der Waals surface area contributed by atoms with Crippen molar-refractivity contribution >= 4 is 23.2 Å². The summed E-state index contributed by atoms with van der Waals surface area (Å²) in [5.74, 6) is 0.729. The SMILES string of the molecule is COc1ccccc1-c1ncc(CNC(=O)c2cc(C(C)C)nc(N)n2)s1. The molecule has 8 heteroatoms. The number of carbonyl (C=O) groups is 1. The Morgan fingerprint density at radius 2 is 2.07 bits per heavy atom. The lowest BCUT2D eigenvalue weighted by molar-refractivity contribution is 0.0946. The van der Waals surface area contributed by atoms with Crippen LogP contribution >= 0.6 is 11.3 Å². The zero-order valence-corrected chi connectivity index (χ0v) is 16.2. The molecule has 1 aromatic carbocycles. The second kappa shape index (κ2) is 8.13. The molecule has 0 bridgehead atoms. The van der Waals surface area contributed by atoms with Gasteiger partial charge in [0.1, 0.15) is 16.5 Å². The van der Waals surface area contributed by atoms with Gasteiger partial charge < -0.3 is 15.8 Å². The van der Waals surface area contributed by atoms with Crippen molar-refractivity contribution in [2.45, 2.75) is 26.3 Å². The number of hydrogen-bond acceptors (Lipinski definition) is 7. The van der Waals surface area contributed by atoms with E-state index >= 15 is 0 Å². The maximum atomic E-state index is 12.4. The summed E-state index contributed by atoms with van der Waals surface area (Å²) < 4.78 is 5.38. The zero-order chi connectivity index (χ0) is 19.4. The molecule has 0 saturated carbocycles. The van der Waals surface area contributed by atoms with E-state index in [1.165, 1.54) is 11.3 Å². The van der Waals surface area contributed by atoms with Crippen molar-refractivity contribution in [3.63, 3.8) is 0 Å².